The molecule has 0 saturated carbocycles. The molecular formula is C15H17N3O3. The van der Waals surface area contributed by atoms with E-state index in [1.54, 1.807) is 29.1 Å². The molecule has 0 aliphatic carbocycles. The lowest BCUT2D eigenvalue weighted by molar-refractivity contribution is -0.121. The number of nitrogens with zero attached hydrogens (tertiary/aromatic N) is 2. The Morgan fingerprint density at radius 2 is 2.14 bits per heavy atom. The van der Waals surface area contributed by atoms with E-state index in [0.29, 0.717) is 19.4 Å². The van der Waals surface area contributed by atoms with Crippen molar-refractivity contribution < 1.29 is 14.7 Å². The van der Waals surface area contributed by atoms with Gasteiger partial charge in [-0.25, -0.2) is 4.79 Å². The minimum Gasteiger partial charge on any atom is -0.478 e. The lowest BCUT2D eigenvalue weighted by Crippen LogP contribution is -2.23. The van der Waals surface area contributed by atoms with E-state index in [9.17, 15) is 9.59 Å². The Morgan fingerprint density at radius 1 is 1.33 bits per heavy atom. The molecule has 2 N–H and O–H groups in total. The maximum absolute atomic E-state index is 11.8. The van der Waals surface area contributed by atoms with E-state index in [-0.39, 0.29) is 11.5 Å². The third-order valence-electron chi connectivity index (χ3n) is 3.06. The van der Waals surface area contributed by atoms with Crippen molar-refractivity contribution in [2.45, 2.75) is 19.4 Å². The average molecular weight is 287 g/mol. The summed E-state index contributed by atoms with van der Waals surface area (Å²) in [7, 11) is 1.83. The molecule has 2 rings (SSSR count). The van der Waals surface area contributed by atoms with E-state index < -0.39 is 5.97 Å². The molecule has 6 heteroatoms. The number of amides is 1. The van der Waals surface area contributed by atoms with Crippen molar-refractivity contribution in [3.05, 3.63) is 53.3 Å². The zero-order valence-electron chi connectivity index (χ0n) is 11.7. The Bertz CT molecular complexity index is 649. The van der Waals surface area contributed by atoms with Gasteiger partial charge in [-0.2, -0.15) is 5.10 Å². The molecule has 0 aliphatic heterocycles. The zero-order chi connectivity index (χ0) is 15.2. The minimum atomic E-state index is -0.972. The summed E-state index contributed by atoms with van der Waals surface area (Å²) in [5.41, 5.74) is 2.00. The van der Waals surface area contributed by atoms with Gasteiger partial charge >= 0.3 is 5.97 Å². The quantitative estimate of drug-likeness (QED) is 0.840. The highest BCUT2D eigenvalue weighted by Crippen LogP contribution is 2.06. The summed E-state index contributed by atoms with van der Waals surface area (Å²) in [4.78, 5) is 22.6. The zero-order valence-corrected chi connectivity index (χ0v) is 11.7. The highest BCUT2D eigenvalue weighted by atomic mass is 16.4. The average Bonchev–Trinajstić information content (AvgIpc) is 2.89. The van der Waals surface area contributed by atoms with Gasteiger partial charge in [-0.3, -0.25) is 9.48 Å². The van der Waals surface area contributed by atoms with Crippen molar-refractivity contribution in [1.82, 2.24) is 15.1 Å². The van der Waals surface area contributed by atoms with E-state index >= 15 is 0 Å². The Hall–Kier alpha value is -2.63. The van der Waals surface area contributed by atoms with Crippen LogP contribution in [0, 0.1) is 0 Å². The van der Waals surface area contributed by atoms with Crippen LogP contribution in [0.15, 0.2) is 36.7 Å². The number of carbonyl (C=O) groups is 2. The number of hydrogen-bond donors (Lipinski definition) is 2. The molecule has 2 aromatic rings. The molecule has 0 unspecified atom stereocenters. The number of nitrogens with one attached hydrogen (secondary N) is 1. The molecule has 0 aliphatic rings. The fourth-order valence-electron chi connectivity index (χ4n) is 1.96. The van der Waals surface area contributed by atoms with Crippen LogP contribution < -0.4 is 5.32 Å². The number of aromatic carboxylic acids is 1. The van der Waals surface area contributed by atoms with Crippen molar-refractivity contribution in [2.24, 2.45) is 7.05 Å². The lowest BCUT2D eigenvalue weighted by Gasteiger charge is -2.05. The van der Waals surface area contributed by atoms with Gasteiger partial charge in [-0.1, -0.05) is 12.1 Å². The smallest absolute Gasteiger partial charge is 0.335 e. The molecule has 1 heterocycles. The van der Waals surface area contributed by atoms with Crippen LogP contribution in [0.2, 0.25) is 0 Å². The summed E-state index contributed by atoms with van der Waals surface area (Å²) in [5.74, 6) is -1.04. The van der Waals surface area contributed by atoms with E-state index in [1.165, 1.54) is 6.07 Å². The first-order valence-corrected chi connectivity index (χ1v) is 6.61. The third-order valence-corrected chi connectivity index (χ3v) is 3.06. The molecule has 1 aromatic heterocycles. The van der Waals surface area contributed by atoms with Gasteiger partial charge in [0.25, 0.3) is 0 Å². The second-order valence-electron chi connectivity index (χ2n) is 4.80. The van der Waals surface area contributed by atoms with E-state index in [0.717, 1.165) is 11.1 Å². The van der Waals surface area contributed by atoms with Crippen LogP contribution in [0.4, 0.5) is 0 Å². The second-order valence-corrected chi connectivity index (χ2v) is 4.80. The first kappa shape index (κ1) is 14.8. The summed E-state index contributed by atoms with van der Waals surface area (Å²) in [5, 5.41) is 15.7. The van der Waals surface area contributed by atoms with Gasteiger partial charge in [-0.05, 0) is 29.7 Å². The predicted octanol–water partition coefficient (Wildman–Crippen LogP) is 1.37. The van der Waals surface area contributed by atoms with E-state index in [2.05, 4.69) is 10.4 Å². The highest BCUT2D eigenvalue weighted by Gasteiger charge is 2.06. The number of benzene rings is 1. The first-order valence-electron chi connectivity index (χ1n) is 6.61. The standard InChI is InChI=1S/C15H17N3O3/c1-18-10-12(9-17-18)5-6-14(19)16-8-11-3-2-4-13(7-11)15(20)21/h2-4,7,9-10H,5-6,8H2,1H3,(H,16,19)(H,20,21). The molecule has 1 amide bonds. The van der Waals surface area contributed by atoms with E-state index in [1.807, 2.05) is 13.2 Å². The van der Waals surface area contributed by atoms with Crippen LogP contribution in [0.25, 0.3) is 0 Å². The Balaban J connectivity index is 1.81. The first-order chi connectivity index (χ1) is 10.0. The number of hydrogen-bond acceptors (Lipinski definition) is 3. The van der Waals surface area contributed by atoms with Gasteiger partial charge in [0.15, 0.2) is 0 Å². The summed E-state index contributed by atoms with van der Waals surface area (Å²) < 4.78 is 1.70. The van der Waals surface area contributed by atoms with Gasteiger partial charge in [0, 0.05) is 26.2 Å². The number of aryl methyl sites for hydroxylation is 2. The molecule has 1 aromatic carbocycles. The third kappa shape index (κ3) is 4.45. The van der Waals surface area contributed by atoms with Gasteiger partial charge < -0.3 is 10.4 Å². The maximum Gasteiger partial charge on any atom is 0.335 e. The largest absolute Gasteiger partial charge is 0.478 e. The monoisotopic (exact) mass is 287 g/mol. The van der Waals surface area contributed by atoms with Crippen LogP contribution in [0.5, 0.6) is 0 Å². The van der Waals surface area contributed by atoms with E-state index in [4.69, 9.17) is 5.11 Å². The predicted molar refractivity (Wildman–Crippen MR) is 76.8 cm³/mol. The number of carboxylic acid groups (broad SMARTS) is 1. The number of aromatic nitrogens is 2. The number of carbonyl (C=O) groups excluding carboxylic acids is 1. The summed E-state index contributed by atoms with van der Waals surface area (Å²) in [6, 6.07) is 6.54. The van der Waals surface area contributed by atoms with Crippen LogP contribution in [0.3, 0.4) is 0 Å². The topological polar surface area (TPSA) is 84.2 Å². The normalized spacial score (nSPS) is 10.3. The molecule has 0 spiro atoms. The Kier molecular flexibility index (Phi) is 4.71. The molecular weight excluding hydrogens is 270 g/mol. The molecule has 0 radical (unpaired) electrons. The van der Waals surface area contributed by atoms with Gasteiger partial charge in [-0.15, -0.1) is 0 Å². The molecule has 0 fully saturated rings. The Labute approximate surface area is 122 Å². The fraction of sp³-hybridized carbons (Fsp3) is 0.267. The molecule has 0 bridgehead atoms. The second kappa shape index (κ2) is 6.69. The van der Waals surface area contributed by atoms with Crippen LogP contribution in [0.1, 0.15) is 27.9 Å². The van der Waals surface area contributed by atoms with Crippen molar-refractivity contribution in [3.63, 3.8) is 0 Å². The lowest BCUT2D eigenvalue weighted by atomic mass is 10.1. The molecule has 0 atom stereocenters. The van der Waals surface area contributed by atoms with Gasteiger partial charge in [0.05, 0.1) is 11.8 Å². The van der Waals surface area contributed by atoms with Crippen molar-refractivity contribution in [3.8, 4) is 0 Å². The number of rotatable bonds is 6. The molecule has 0 saturated heterocycles. The van der Waals surface area contributed by atoms with Gasteiger partial charge in [0.1, 0.15) is 0 Å². The highest BCUT2D eigenvalue weighted by molar-refractivity contribution is 5.87. The molecule has 6 nitrogen and oxygen atoms in total. The maximum atomic E-state index is 11.8. The summed E-state index contributed by atoms with van der Waals surface area (Å²) in [6.45, 7) is 0.326. The van der Waals surface area contributed by atoms with Crippen molar-refractivity contribution >= 4 is 11.9 Å². The minimum absolute atomic E-state index is 0.0698. The van der Waals surface area contributed by atoms with Crippen molar-refractivity contribution in [2.75, 3.05) is 0 Å². The van der Waals surface area contributed by atoms with Crippen molar-refractivity contribution in [1.29, 1.82) is 0 Å². The van der Waals surface area contributed by atoms with Gasteiger partial charge in [0.2, 0.25) is 5.91 Å². The number of carboxylic acids is 1. The molecule has 21 heavy (non-hydrogen) atoms. The van der Waals surface area contributed by atoms with Crippen LogP contribution >= 0.6 is 0 Å². The van der Waals surface area contributed by atoms with Crippen LogP contribution in [-0.2, 0) is 24.8 Å². The summed E-state index contributed by atoms with van der Waals surface area (Å²) in [6.07, 6.45) is 4.63. The Morgan fingerprint density at radius 3 is 2.81 bits per heavy atom. The van der Waals surface area contributed by atoms with Crippen LogP contribution in [-0.4, -0.2) is 26.8 Å². The fourth-order valence-corrected chi connectivity index (χ4v) is 1.96. The SMILES string of the molecule is Cn1cc(CCC(=O)NCc2cccc(C(=O)O)c2)cn1. The molecule has 110 valence electrons. The summed E-state index contributed by atoms with van der Waals surface area (Å²) >= 11 is 0.